The van der Waals surface area contributed by atoms with Crippen LogP contribution in [-0.2, 0) is 16.1 Å². The molecule has 6 heteroatoms. The molecule has 0 saturated carbocycles. The highest BCUT2D eigenvalue weighted by Crippen LogP contribution is 2.28. The van der Waals surface area contributed by atoms with E-state index in [1.165, 1.54) is 17.7 Å². The van der Waals surface area contributed by atoms with Gasteiger partial charge in [-0.05, 0) is 56.0 Å². The molecule has 0 bridgehead atoms. The van der Waals surface area contributed by atoms with Crippen molar-refractivity contribution in [3.05, 3.63) is 65.0 Å². The third-order valence-corrected chi connectivity index (χ3v) is 5.79. The number of amides is 1. The van der Waals surface area contributed by atoms with E-state index in [2.05, 4.69) is 36.2 Å². The van der Waals surface area contributed by atoms with Crippen LogP contribution in [0.15, 0.2) is 42.5 Å². The lowest BCUT2D eigenvalue weighted by Crippen LogP contribution is -2.51. The van der Waals surface area contributed by atoms with Gasteiger partial charge in [-0.2, -0.15) is 0 Å². The molecular weight excluding hydrogens is 383 g/mol. The molecule has 1 saturated heterocycles. The van der Waals surface area contributed by atoms with Gasteiger partial charge in [-0.1, -0.05) is 29.8 Å². The number of piperidine rings is 1. The Labute approximate surface area is 178 Å². The average molecular weight is 415 g/mol. The molecule has 30 heavy (non-hydrogen) atoms. The summed E-state index contributed by atoms with van der Waals surface area (Å²) in [6.07, 6.45) is 1.61. The summed E-state index contributed by atoms with van der Waals surface area (Å²) < 4.78 is 24.9. The number of carbonyl (C=O) groups is 1. The van der Waals surface area contributed by atoms with Gasteiger partial charge in [0, 0.05) is 26.7 Å². The van der Waals surface area contributed by atoms with E-state index in [0.29, 0.717) is 19.7 Å². The highest BCUT2D eigenvalue weighted by atomic mass is 19.1. The molecule has 1 amide bonds. The molecule has 162 valence electrons. The highest BCUT2D eigenvalue weighted by molar-refractivity contribution is 5.78. The second kappa shape index (κ2) is 10.0. The predicted octanol–water partition coefficient (Wildman–Crippen LogP) is 3.62. The Hall–Kier alpha value is -2.44. The lowest BCUT2D eigenvalue weighted by atomic mass is 9.92. The molecule has 1 aliphatic rings. The van der Waals surface area contributed by atoms with Crippen LogP contribution in [0.3, 0.4) is 0 Å². The monoisotopic (exact) mass is 414 g/mol. The molecule has 2 aromatic carbocycles. The maximum absolute atomic E-state index is 13.0. The minimum Gasteiger partial charge on any atom is -0.490 e. The van der Waals surface area contributed by atoms with Gasteiger partial charge in [-0.15, -0.1) is 0 Å². The minimum atomic E-state index is -0.335. The maximum atomic E-state index is 13.0. The number of methoxy groups -OCH3 is 1. The molecule has 2 aromatic rings. The number of likely N-dealkylation sites (tertiary alicyclic amines) is 1. The van der Waals surface area contributed by atoms with Gasteiger partial charge >= 0.3 is 0 Å². The van der Waals surface area contributed by atoms with E-state index >= 15 is 0 Å². The lowest BCUT2D eigenvalue weighted by Gasteiger charge is -2.40. The van der Waals surface area contributed by atoms with Crippen molar-refractivity contribution in [1.82, 2.24) is 10.2 Å². The molecule has 0 unspecified atom stereocenters. The number of hydrogen-bond acceptors (Lipinski definition) is 4. The Kier molecular flexibility index (Phi) is 7.45. The molecule has 1 aliphatic heterocycles. The van der Waals surface area contributed by atoms with E-state index in [1.54, 1.807) is 19.2 Å². The first-order valence-electron chi connectivity index (χ1n) is 10.4. The van der Waals surface area contributed by atoms with E-state index in [9.17, 15) is 9.18 Å². The van der Waals surface area contributed by atoms with Crippen LogP contribution < -0.4 is 10.1 Å². The smallest absolute Gasteiger partial charge is 0.234 e. The largest absolute Gasteiger partial charge is 0.490 e. The Morgan fingerprint density at radius 2 is 1.83 bits per heavy atom. The standard InChI is InChI=1S/C24H31FN2O3/c1-18-4-9-22(19(2)14-18)30-17-24(29-3)10-12-27(13-11-24)16-23(28)26-15-20-5-7-21(25)8-6-20/h4-9,14H,10-13,15-17H2,1-3H3,(H,26,28). The fourth-order valence-electron chi connectivity index (χ4n) is 3.76. The quantitative estimate of drug-likeness (QED) is 0.717. The third-order valence-electron chi connectivity index (χ3n) is 5.79. The zero-order valence-corrected chi connectivity index (χ0v) is 18.0. The number of ether oxygens (including phenoxy) is 2. The first kappa shape index (κ1) is 22.2. The molecule has 1 fully saturated rings. The number of nitrogens with zero attached hydrogens (tertiary/aromatic N) is 1. The van der Waals surface area contributed by atoms with Crippen LogP contribution in [0.2, 0.25) is 0 Å². The summed E-state index contributed by atoms with van der Waals surface area (Å²) in [6, 6.07) is 12.3. The van der Waals surface area contributed by atoms with Crippen LogP contribution >= 0.6 is 0 Å². The molecule has 1 heterocycles. The Morgan fingerprint density at radius 1 is 1.13 bits per heavy atom. The molecule has 0 atom stereocenters. The minimum absolute atomic E-state index is 0.0317. The van der Waals surface area contributed by atoms with Crippen molar-refractivity contribution in [2.24, 2.45) is 0 Å². The molecule has 0 aromatic heterocycles. The van der Waals surface area contributed by atoms with Crippen molar-refractivity contribution in [2.75, 3.05) is 33.4 Å². The summed E-state index contributed by atoms with van der Waals surface area (Å²) in [7, 11) is 1.73. The van der Waals surface area contributed by atoms with Gasteiger partial charge in [0.15, 0.2) is 0 Å². The van der Waals surface area contributed by atoms with Crippen LogP contribution in [0, 0.1) is 19.7 Å². The topological polar surface area (TPSA) is 50.8 Å². The summed E-state index contributed by atoms with van der Waals surface area (Å²) in [6.45, 7) is 6.91. The summed E-state index contributed by atoms with van der Waals surface area (Å²) in [5.74, 6) is 0.580. The number of halogens is 1. The third kappa shape index (κ3) is 6.03. The molecule has 0 spiro atoms. The number of rotatable bonds is 8. The fraction of sp³-hybridized carbons (Fsp3) is 0.458. The van der Waals surface area contributed by atoms with Gasteiger partial charge in [0.05, 0.1) is 6.54 Å². The molecule has 3 rings (SSSR count). The normalized spacial score (nSPS) is 16.3. The summed E-state index contributed by atoms with van der Waals surface area (Å²) in [4.78, 5) is 14.4. The van der Waals surface area contributed by atoms with Crippen molar-refractivity contribution in [3.8, 4) is 5.75 Å². The molecular formula is C24H31FN2O3. The van der Waals surface area contributed by atoms with E-state index < -0.39 is 0 Å². The van der Waals surface area contributed by atoms with Crippen LogP contribution in [0.4, 0.5) is 4.39 Å². The van der Waals surface area contributed by atoms with Gasteiger partial charge in [0.1, 0.15) is 23.8 Å². The molecule has 0 radical (unpaired) electrons. The van der Waals surface area contributed by atoms with E-state index in [4.69, 9.17) is 9.47 Å². The summed E-state index contributed by atoms with van der Waals surface area (Å²) in [5.41, 5.74) is 2.88. The predicted molar refractivity (Wildman–Crippen MR) is 115 cm³/mol. The Balaban J connectivity index is 1.44. The van der Waals surface area contributed by atoms with Crippen molar-refractivity contribution in [1.29, 1.82) is 0 Å². The van der Waals surface area contributed by atoms with Crippen LogP contribution in [0.1, 0.15) is 29.5 Å². The van der Waals surface area contributed by atoms with Crippen LogP contribution in [0.5, 0.6) is 5.75 Å². The lowest BCUT2D eigenvalue weighted by molar-refractivity contribution is -0.125. The van der Waals surface area contributed by atoms with Crippen molar-refractivity contribution in [3.63, 3.8) is 0 Å². The van der Waals surface area contributed by atoms with E-state index in [-0.39, 0.29) is 17.3 Å². The first-order valence-corrected chi connectivity index (χ1v) is 10.4. The second-order valence-corrected chi connectivity index (χ2v) is 8.12. The van der Waals surface area contributed by atoms with Gasteiger partial charge < -0.3 is 14.8 Å². The number of nitrogens with one attached hydrogen (secondary N) is 1. The SMILES string of the molecule is COC1(COc2ccc(C)cc2C)CCN(CC(=O)NCc2ccc(F)cc2)CC1. The van der Waals surface area contributed by atoms with Crippen LogP contribution in [-0.4, -0.2) is 49.8 Å². The highest BCUT2D eigenvalue weighted by Gasteiger charge is 2.36. The van der Waals surface area contributed by atoms with Gasteiger partial charge in [-0.25, -0.2) is 4.39 Å². The van der Waals surface area contributed by atoms with E-state index in [0.717, 1.165) is 42.8 Å². The van der Waals surface area contributed by atoms with Crippen molar-refractivity contribution >= 4 is 5.91 Å². The number of aryl methyl sites for hydroxylation is 2. The van der Waals surface area contributed by atoms with Crippen LogP contribution in [0.25, 0.3) is 0 Å². The second-order valence-electron chi connectivity index (χ2n) is 8.12. The Morgan fingerprint density at radius 3 is 2.47 bits per heavy atom. The van der Waals surface area contributed by atoms with Gasteiger partial charge in [0.25, 0.3) is 0 Å². The zero-order valence-electron chi connectivity index (χ0n) is 18.0. The van der Waals surface area contributed by atoms with E-state index in [1.807, 2.05) is 6.07 Å². The average Bonchev–Trinajstić information content (AvgIpc) is 2.74. The van der Waals surface area contributed by atoms with Crippen molar-refractivity contribution in [2.45, 2.75) is 38.8 Å². The van der Waals surface area contributed by atoms with Crippen molar-refractivity contribution < 1.29 is 18.7 Å². The maximum Gasteiger partial charge on any atom is 0.234 e. The molecule has 1 N–H and O–H groups in total. The van der Waals surface area contributed by atoms with Gasteiger partial charge in [0.2, 0.25) is 5.91 Å². The zero-order chi connectivity index (χ0) is 21.6. The molecule has 5 nitrogen and oxygen atoms in total. The number of carbonyl (C=O) groups excluding carboxylic acids is 1. The summed E-state index contributed by atoms with van der Waals surface area (Å²) >= 11 is 0. The fourth-order valence-corrected chi connectivity index (χ4v) is 3.76. The number of hydrogen-bond donors (Lipinski definition) is 1. The molecule has 0 aliphatic carbocycles. The summed E-state index contributed by atoms with van der Waals surface area (Å²) in [5, 5.41) is 2.90. The van der Waals surface area contributed by atoms with Gasteiger partial charge in [-0.3, -0.25) is 9.69 Å². The Bertz CT molecular complexity index is 846. The first-order chi connectivity index (χ1) is 14.4. The number of benzene rings is 2.